The predicted octanol–water partition coefficient (Wildman–Crippen LogP) is 2.53. The minimum atomic E-state index is -0.579. The molecule has 3 atom stereocenters. The highest BCUT2D eigenvalue weighted by atomic mass is 19.1. The lowest BCUT2D eigenvalue weighted by atomic mass is 9.87. The summed E-state index contributed by atoms with van der Waals surface area (Å²) in [5.74, 6) is -0.730. The maximum Gasteiger partial charge on any atom is 0.149 e. The van der Waals surface area contributed by atoms with Crippen molar-refractivity contribution in [2.24, 2.45) is 17.6 Å². The average Bonchev–Trinajstić information content (AvgIpc) is 2.37. The van der Waals surface area contributed by atoms with Crippen LogP contribution in [0.4, 0.5) is 14.5 Å². The molecule has 0 aromatic heterocycles. The number of nitrogens with zero attached hydrogens (tertiary/aromatic N) is 1. The molecular weight excluding hydrogens is 274 g/mol. The molecule has 0 amide bonds. The standard InChI is InChI=1S/C16H24F2N2O/c1-10(2)16(21)6-11-5-13(19)9-20(8-11)15-4-3-12(17)7-14(15)18/h3-4,7,10-11,13,16,21H,5-6,8-9,19H2,1-2H3. The second kappa shape index (κ2) is 6.71. The Morgan fingerprint density at radius 3 is 2.67 bits per heavy atom. The minimum Gasteiger partial charge on any atom is -0.393 e. The fraction of sp³-hybridized carbons (Fsp3) is 0.625. The molecule has 0 bridgehead atoms. The van der Waals surface area contributed by atoms with Crippen molar-refractivity contribution in [3.8, 4) is 0 Å². The second-order valence-electron chi connectivity index (χ2n) is 6.41. The Balaban J connectivity index is 2.10. The van der Waals surface area contributed by atoms with Crippen molar-refractivity contribution in [3.05, 3.63) is 29.8 Å². The van der Waals surface area contributed by atoms with Crippen LogP contribution in [0, 0.1) is 23.5 Å². The van der Waals surface area contributed by atoms with Crippen LogP contribution < -0.4 is 10.6 Å². The van der Waals surface area contributed by atoms with E-state index in [1.165, 1.54) is 12.1 Å². The zero-order valence-corrected chi connectivity index (χ0v) is 12.6. The number of piperidine rings is 1. The number of aliphatic hydroxyl groups excluding tert-OH is 1. The van der Waals surface area contributed by atoms with Gasteiger partial charge in [-0.15, -0.1) is 0 Å². The fourth-order valence-electron chi connectivity index (χ4n) is 2.97. The maximum absolute atomic E-state index is 13.9. The van der Waals surface area contributed by atoms with Gasteiger partial charge < -0.3 is 15.7 Å². The maximum atomic E-state index is 13.9. The van der Waals surface area contributed by atoms with E-state index in [-0.39, 0.29) is 24.0 Å². The lowest BCUT2D eigenvalue weighted by Gasteiger charge is -2.39. The molecule has 5 heteroatoms. The molecule has 1 aromatic rings. The number of hydrogen-bond donors (Lipinski definition) is 2. The van der Waals surface area contributed by atoms with Crippen LogP contribution in [0.15, 0.2) is 18.2 Å². The summed E-state index contributed by atoms with van der Waals surface area (Å²) in [6.45, 7) is 5.15. The molecule has 3 nitrogen and oxygen atoms in total. The Morgan fingerprint density at radius 1 is 1.33 bits per heavy atom. The molecule has 3 unspecified atom stereocenters. The van der Waals surface area contributed by atoms with Crippen LogP contribution in [-0.4, -0.2) is 30.3 Å². The van der Waals surface area contributed by atoms with Crippen molar-refractivity contribution in [2.75, 3.05) is 18.0 Å². The molecule has 0 aliphatic carbocycles. The van der Waals surface area contributed by atoms with Crippen molar-refractivity contribution in [3.63, 3.8) is 0 Å². The summed E-state index contributed by atoms with van der Waals surface area (Å²) in [5, 5.41) is 10.0. The van der Waals surface area contributed by atoms with Gasteiger partial charge in [-0.05, 0) is 36.8 Å². The fourth-order valence-corrected chi connectivity index (χ4v) is 2.97. The minimum absolute atomic E-state index is 0.0624. The summed E-state index contributed by atoms with van der Waals surface area (Å²) in [6.07, 6.45) is 1.11. The molecule has 2 rings (SSSR count). The van der Waals surface area contributed by atoms with E-state index in [0.29, 0.717) is 25.2 Å². The van der Waals surface area contributed by atoms with Gasteiger partial charge in [0.15, 0.2) is 0 Å². The number of rotatable bonds is 4. The second-order valence-corrected chi connectivity index (χ2v) is 6.41. The summed E-state index contributed by atoms with van der Waals surface area (Å²) in [6, 6.07) is 3.55. The van der Waals surface area contributed by atoms with Crippen LogP contribution in [0.3, 0.4) is 0 Å². The summed E-state index contributed by atoms with van der Waals surface area (Å²) >= 11 is 0. The van der Waals surface area contributed by atoms with Crippen molar-refractivity contribution in [1.82, 2.24) is 0 Å². The van der Waals surface area contributed by atoms with Crippen LogP contribution in [0.25, 0.3) is 0 Å². The topological polar surface area (TPSA) is 49.5 Å². The smallest absolute Gasteiger partial charge is 0.149 e. The first-order valence-electron chi connectivity index (χ1n) is 7.50. The molecule has 1 aromatic carbocycles. The van der Waals surface area contributed by atoms with Gasteiger partial charge in [-0.2, -0.15) is 0 Å². The molecule has 1 heterocycles. The van der Waals surface area contributed by atoms with Gasteiger partial charge in [0.25, 0.3) is 0 Å². The number of halogens is 2. The average molecular weight is 298 g/mol. The molecule has 1 aliphatic heterocycles. The molecule has 1 aliphatic rings. The lowest BCUT2D eigenvalue weighted by molar-refractivity contribution is 0.0921. The third-order valence-corrected chi connectivity index (χ3v) is 4.16. The van der Waals surface area contributed by atoms with E-state index in [0.717, 1.165) is 12.5 Å². The van der Waals surface area contributed by atoms with Crippen LogP contribution in [0.5, 0.6) is 0 Å². The summed E-state index contributed by atoms with van der Waals surface area (Å²) in [4.78, 5) is 1.86. The quantitative estimate of drug-likeness (QED) is 0.898. The highest BCUT2D eigenvalue weighted by molar-refractivity contribution is 5.48. The van der Waals surface area contributed by atoms with Crippen LogP contribution >= 0.6 is 0 Å². The van der Waals surface area contributed by atoms with Gasteiger partial charge in [0, 0.05) is 25.2 Å². The van der Waals surface area contributed by atoms with Crippen molar-refractivity contribution in [1.29, 1.82) is 0 Å². The SMILES string of the molecule is CC(C)C(O)CC1CC(N)CN(c2ccc(F)cc2F)C1. The lowest BCUT2D eigenvalue weighted by Crippen LogP contribution is -2.48. The predicted molar refractivity (Wildman–Crippen MR) is 80.1 cm³/mol. The highest BCUT2D eigenvalue weighted by Crippen LogP contribution is 2.28. The van der Waals surface area contributed by atoms with E-state index >= 15 is 0 Å². The first kappa shape index (κ1) is 16.2. The van der Waals surface area contributed by atoms with Gasteiger partial charge in [-0.3, -0.25) is 0 Å². The Morgan fingerprint density at radius 2 is 2.05 bits per heavy atom. The van der Waals surface area contributed by atoms with Gasteiger partial charge in [0.1, 0.15) is 11.6 Å². The zero-order valence-electron chi connectivity index (χ0n) is 12.6. The molecule has 1 fully saturated rings. The molecule has 0 radical (unpaired) electrons. The van der Waals surface area contributed by atoms with Crippen LogP contribution in [0.1, 0.15) is 26.7 Å². The third-order valence-electron chi connectivity index (χ3n) is 4.16. The van der Waals surface area contributed by atoms with E-state index in [4.69, 9.17) is 5.73 Å². The first-order chi connectivity index (χ1) is 9.86. The highest BCUT2D eigenvalue weighted by Gasteiger charge is 2.28. The van der Waals surface area contributed by atoms with Gasteiger partial charge in [0.05, 0.1) is 11.8 Å². The molecule has 0 saturated carbocycles. The Labute approximate surface area is 124 Å². The molecule has 3 N–H and O–H groups in total. The van der Waals surface area contributed by atoms with E-state index in [2.05, 4.69) is 0 Å². The number of hydrogen-bond acceptors (Lipinski definition) is 3. The summed E-state index contributed by atoms with van der Waals surface area (Å²) in [7, 11) is 0. The van der Waals surface area contributed by atoms with Gasteiger partial charge >= 0.3 is 0 Å². The van der Waals surface area contributed by atoms with Gasteiger partial charge in [-0.1, -0.05) is 13.8 Å². The Hall–Kier alpha value is -1.20. The Bertz CT molecular complexity index is 481. The van der Waals surface area contributed by atoms with Crippen LogP contribution in [-0.2, 0) is 0 Å². The van der Waals surface area contributed by atoms with E-state index < -0.39 is 11.6 Å². The number of benzene rings is 1. The number of anilines is 1. The summed E-state index contributed by atoms with van der Waals surface area (Å²) in [5.41, 5.74) is 6.45. The number of aliphatic hydroxyl groups is 1. The first-order valence-corrected chi connectivity index (χ1v) is 7.50. The number of nitrogens with two attached hydrogens (primary N) is 1. The molecule has 1 saturated heterocycles. The van der Waals surface area contributed by atoms with Gasteiger partial charge in [0.2, 0.25) is 0 Å². The normalized spacial score (nSPS) is 24.4. The zero-order chi connectivity index (χ0) is 15.6. The van der Waals surface area contributed by atoms with E-state index in [9.17, 15) is 13.9 Å². The van der Waals surface area contributed by atoms with E-state index in [1.54, 1.807) is 0 Å². The van der Waals surface area contributed by atoms with Crippen molar-refractivity contribution in [2.45, 2.75) is 38.8 Å². The molecular formula is C16H24F2N2O. The van der Waals surface area contributed by atoms with Crippen molar-refractivity contribution >= 4 is 5.69 Å². The monoisotopic (exact) mass is 298 g/mol. The summed E-state index contributed by atoms with van der Waals surface area (Å²) < 4.78 is 26.9. The molecule has 21 heavy (non-hydrogen) atoms. The molecule has 0 spiro atoms. The van der Waals surface area contributed by atoms with Crippen LogP contribution in [0.2, 0.25) is 0 Å². The largest absolute Gasteiger partial charge is 0.393 e. The Kier molecular flexibility index (Phi) is 5.17. The van der Waals surface area contributed by atoms with Crippen molar-refractivity contribution < 1.29 is 13.9 Å². The van der Waals surface area contributed by atoms with E-state index in [1.807, 2.05) is 18.7 Å². The van der Waals surface area contributed by atoms with Gasteiger partial charge in [-0.25, -0.2) is 8.78 Å². The third kappa shape index (κ3) is 4.14. The molecule has 118 valence electrons.